The van der Waals surface area contributed by atoms with Gasteiger partial charge in [-0.3, -0.25) is 13.8 Å². The molecule has 0 radical (unpaired) electrons. The van der Waals surface area contributed by atoms with Gasteiger partial charge in [-0.25, -0.2) is 9.65 Å². The van der Waals surface area contributed by atoms with E-state index in [0.29, 0.717) is 32.7 Å². The molecule has 0 spiro atoms. The van der Waals surface area contributed by atoms with Crippen molar-refractivity contribution in [1.82, 2.24) is 9.99 Å². The molecule has 0 aliphatic rings. The number of rotatable bonds is 43. The molecule has 0 aliphatic carbocycles. The zero-order chi connectivity index (χ0) is 38.2. The Hall–Kier alpha value is -0.500. The lowest BCUT2D eigenvalue weighted by atomic mass is 10.0. The van der Waals surface area contributed by atoms with Crippen LogP contribution in [-0.2, 0) is 23.1 Å². The highest BCUT2D eigenvalue weighted by Gasteiger charge is 2.23. The fourth-order valence-electron chi connectivity index (χ4n) is 6.82. The molecule has 8 nitrogen and oxygen atoms in total. The van der Waals surface area contributed by atoms with Crippen LogP contribution in [0, 0.1) is 0 Å². The van der Waals surface area contributed by atoms with Gasteiger partial charge >= 0.3 is 13.7 Å². The average Bonchev–Trinajstić information content (AvgIpc) is 3.13. The van der Waals surface area contributed by atoms with E-state index in [-0.39, 0.29) is 18.7 Å². The molecule has 0 aromatic rings. The van der Waals surface area contributed by atoms with Gasteiger partial charge in [0.15, 0.2) is 0 Å². The van der Waals surface area contributed by atoms with Crippen molar-refractivity contribution in [3.63, 3.8) is 0 Å². The monoisotopic (exact) mass is 761 g/mol. The van der Waals surface area contributed by atoms with Crippen LogP contribution in [0.1, 0.15) is 220 Å². The van der Waals surface area contributed by atoms with E-state index in [2.05, 4.69) is 30.8 Å². The van der Waals surface area contributed by atoms with Gasteiger partial charge in [0.25, 0.3) is 0 Å². The smallest absolute Gasteiger partial charge is 0.405 e. The van der Waals surface area contributed by atoms with E-state index in [9.17, 15) is 14.5 Å². The third-order valence-electron chi connectivity index (χ3n) is 10.1. The second-order valence-corrected chi connectivity index (χ2v) is 17.0. The van der Waals surface area contributed by atoms with Gasteiger partial charge in [0.1, 0.15) is 6.10 Å². The Morgan fingerprint density at radius 3 is 1.56 bits per heavy atom. The second kappa shape index (κ2) is 40.2. The Morgan fingerprint density at radius 2 is 1.04 bits per heavy atom. The van der Waals surface area contributed by atoms with Crippen molar-refractivity contribution in [3.05, 3.63) is 0 Å². The summed E-state index contributed by atoms with van der Waals surface area (Å²) < 4.78 is 30.2. The fraction of sp³-hybridized carbons (Fsp3) is 0.977. The van der Waals surface area contributed by atoms with Crippen LogP contribution in [0.5, 0.6) is 0 Å². The van der Waals surface area contributed by atoms with E-state index < -0.39 is 7.75 Å². The summed E-state index contributed by atoms with van der Waals surface area (Å²) in [7, 11) is -3.24. The first-order chi connectivity index (χ1) is 25.4. The molecule has 0 heterocycles. The van der Waals surface area contributed by atoms with Crippen molar-refractivity contribution in [2.45, 2.75) is 226 Å². The maximum absolute atomic E-state index is 13.0. The summed E-state index contributed by atoms with van der Waals surface area (Å²) in [6.07, 6.45) is 34.7. The van der Waals surface area contributed by atoms with E-state index in [1.54, 1.807) is 0 Å². The van der Waals surface area contributed by atoms with E-state index in [1.807, 2.05) is 6.92 Å². The third kappa shape index (κ3) is 35.2. The molecule has 52 heavy (non-hydrogen) atoms. The minimum atomic E-state index is -3.24. The predicted octanol–water partition coefficient (Wildman–Crippen LogP) is 12.7. The number of nitrogens with zero attached hydrogens (tertiary/aromatic N) is 1. The zero-order valence-electron chi connectivity index (χ0n) is 35.1. The maximum Gasteiger partial charge on any atom is 0.405 e. The van der Waals surface area contributed by atoms with E-state index in [1.165, 1.54) is 109 Å². The van der Waals surface area contributed by atoms with E-state index in [0.717, 1.165) is 90.1 Å². The largest absolute Gasteiger partial charge is 0.462 e. The zero-order valence-corrected chi connectivity index (χ0v) is 36.0. The normalized spacial score (nSPS) is 13.0. The Balaban J connectivity index is 4.16. The van der Waals surface area contributed by atoms with Crippen LogP contribution < -0.4 is 5.09 Å². The fourth-order valence-corrected chi connectivity index (χ4v) is 8.22. The number of nitrogens with one attached hydrogen (secondary N) is 1. The molecule has 1 atom stereocenters. The first-order valence-electron chi connectivity index (χ1n) is 22.6. The third-order valence-corrected chi connectivity index (χ3v) is 11.8. The van der Waals surface area contributed by atoms with Gasteiger partial charge in [-0.05, 0) is 77.8 Å². The van der Waals surface area contributed by atoms with Crippen molar-refractivity contribution in [3.8, 4) is 0 Å². The summed E-state index contributed by atoms with van der Waals surface area (Å²) in [5.74, 6) is 0.00279. The molecular weight excluding hydrogens is 671 g/mol. The molecule has 0 bridgehead atoms. The van der Waals surface area contributed by atoms with Crippen molar-refractivity contribution in [1.29, 1.82) is 0 Å². The number of hydrogen-bond donors (Lipinski definition) is 2. The van der Waals surface area contributed by atoms with Gasteiger partial charge in [0, 0.05) is 19.5 Å². The molecule has 312 valence electrons. The molecule has 0 amide bonds. The lowest BCUT2D eigenvalue weighted by Crippen LogP contribution is -2.29. The number of ether oxygens (including phenoxy) is 1. The standard InChI is InChI=1S/C43H89N2O6P/c1-5-9-12-15-18-24-32-41-50-52(48,49-8-4)44-36-29-25-31-38-45(39-40-46)37-30-23-19-22-28-35-43(47)51-42(33-26-20-16-13-10-6-2)34-27-21-17-14-11-7-3/h42,46H,5-41H2,1-4H3,(H,44,48). The first-order valence-corrected chi connectivity index (χ1v) is 24.2. The molecule has 0 aliphatic heterocycles. The molecule has 0 rings (SSSR count). The number of unbranched alkanes of at least 4 members (excludes halogenated alkanes) is 22. The summed E-state index contributed by atoms with van der Waals surface area (Å²) in [5, 5.41) is 12.6. The Kier molecular flexibility index (Phi) is 39.8. The van der Waals surface area contributed by atoms with Gasteiger partial charge in [0.2, 0.25) is 0 Å². The van der Waals surface area contributed by atoms with Gasteiger partial charge in [0.05, 0.1) is 19.8 Å². The summed E-state index contributed by atoms with van der Waals surface area (Å²) >= 11 is 0. The predicted molar refractivity (Wildman–Crippen MR) is 222 cm³/mol. The number of aliphatic hydroxyl groups is 1. The van der Waals surface area contributed by atoms with Crippen LogP contribution in [0.25, 0.3) is 0 Å². The molecular formula is C43H89N2O6P. The molecule has 9 heteroatoms. The molecule has 0 saturated heterocycles. The SMILES string of the molecule is CCCCCCCCCOP(=O)(NCCCCCN(CCO)CCCCCCCC(=O)OC(CCCCCCCC)CCCCCCCC)OCC. The van der Waals surface area contributed by atoms with Crippen molar-refractivity contribution in [2.75, 3.05) is 46.0 Å². The summed E-state index contributed by atoms with van der Waals surface area (Å²) in [6.45, 7) is 12.9. The number of carbonyl (C=O) groups is 1. The van der Waals surface area contributed by atoms with Crippen LogP contribution in [-0.4, -0.2) is 68.1 Å². The maximum atomic E-state index is 13.0. The Morgan fingerprint density at radius 1 is 0.577 bits per heavy atom. The molecule has 0 saturated carbocycles. The first kappa shape index (κ1) is 51.5. The molecule has 2 N–H and O–H groups in total. The molecule has 0 fully saturated rings. The summed E-state index contributed by atoms with van der Waals surface area (Å²) in [6, 6.07) is 0. The van der Waals surface area contributed by atoms with Gasteiger partial charge in [-0.15, -0.1) is 0 Å². The van der Waals surface area contributed by atoms with Crippen LogP contribution in [0.4, 0.5) is 0 Å². The van der Waals surface area contributed by atoms with Gasteiger partial charge in [-0.2, -0.15) is 0 Å². The van der Waals surface area contributed by atoms with E-state index >= 15 is 0 Å². The van der Waals surface area contributed by atoms with Crippen LogP contribution in [0.3, 0.4) is 0 Å². The minimum absolute atomic E-state index is 0.00279. The van der Waals surface area contributed by atoms with Crippen molar-refractivity contribution < 1.29 is 28.3 Å². The quantitative estimate of drug-likeness (QED) is 0.0360. The molecule has 1 unspecified atom stereocenters. The molecule has 0 aromatic carbocycles. The van der Waals surface area contributed by atoms with Crippen LogP contribution >= 0.6 is 7.75 Å². The molecule has 0 aromatic heterocycles. The minimum Gasteiger partial charge on any atom is -0.462 e. The topological polar surface area (TPSA) is 97.3 Å². The van der Waals surface area contributed by atoms with Gasteiger partial charge < -0.3 is 14.7 Å². The number of aliphatic hydroxyl groups excluding tert-OH is 1. The van der Waals surface area contributed by atoms with Crippen molar-refractivity contribution >= 4 is 13.7 Å². The Bertz CT molecular complexity index is 773. The van der Waals surface area contributed by atoms with Crippen molar-refractivity contribution in [2.24, 2.45) is 0 Å². The highest BCUT2D eigenvalue weighted by Crippen LogP contribution is 2.43. The van der Waals surface area contributed by atoms with E-state index in [4.69, 9.17) is 13.8 Å². The van der Waals surface area contributed by atoms with Gasteiger partial charge in [-0.1, -0.05) is 149 Å². The summed E-state index contributed by atoms with van der Waals surface area (Å²) in [5.41, 5.74) is 0. The number of esters is 1. The Labute approximate surface area is 323 Å². The second-order valence-electron chi connectivity index (χ2n) is 15.1. The lowest BCUT2D eigenvalue weighted by molar-refractivity contribution is -0.150. The lowest BCUT2D eigenvalue weighted by Gasteiger charge is -2.21. The highest BCUT2D eigenvalue weighted by molar-refractivity contribution is 7.51. The average molecular weight is 761 g/mol. The van der Waals surface area contributed by atoms with Crippen LogP contribution in [0.2, 0.25) is 0 Å². The summed E-state index contributed by atoms with van der Waals surface area (Å²) in [4.78, 5) is 15.1. The highest BCUT2D eigenvalue weighted by atomic mass is 31.2. The number of carbonyl (C=O) groups excluding carboxylic acids is 1. The number of hydrogen-bond acceptors (Lipinski definition) is 7. The van der Waals surface area contributed by atoms with Crippen LogP contribution in [0.15, 0.2) is 0 Å².